The maximum atomic E-state index is 8.82. The predicted octanol–water partition coefficient (Wildman–Crippen LogP) is 2.22. The van der Waals surface area contributed by atoms with Crippen LogP contribution in [0.1, 0.15) is 22.2 Å². The molecule has 0 radical (unpaired) electrons. The molecule has 1 rings (SSSR count). The quantitative estimate of drug-likeness (QED) is 0.785. The molecule has 0 atom stereocenters. The van der Waals surface area contributed by atoms with E-state index in [9.17, 15) is 0 Å². The van der Waals surface area contributed by atoms with E-state index in [1.165, 1.54) is 11.3 Å². The summed E-state index contributed by atoms with van der Waals surface area (Å²) in [6, 6.07) is 2.05. The van der Waals surface area contributed by atoms with Crippen LogP contribution >= 0.6 is 23.6 Å². The molecule has 14 heavy (non-hydrogen) atoms. The Hall–Kier alpha value is -1.12. The summed E-state index contributed by atoms with van der Waals surface area (Å²) < 4.78 is 5.17. The van der Waals surface area contributed by atoms with E-state index in [-0.39, 0.29) is 0 Å². The lowest BCUT2D eigenvalue weighted by Gasteiger charge is -2.02. The van der Waals surface area contributed by atoms with Gasteiger partial charge in [-0.05, 0) is 26.1 Å². The van der Waals surface area contributed by atoms with Gasteiger partial charge in [0.15, 0.2) is 0 Å². The Labute approximate surface area is 92.1 Å². The number of nitrogens with two attached hydrogens (primary N) is 1. The Balaban J connectivity index is 3.13. The van der Waals surface area contributed by atoms with Crippen molar-refractivity contribution in [1.82, 2.24) is 0 Å². The summed E-state index contributed by atoms with van der Waals surface area (Å²) in [5.41, 5.74) is 6.71. The van der Waals surface area contributed by atoms with Crippen LogP contribution in [0.5, 0.6) is 0 Å². The van der Waals surface area contributed by atoms with Gasteiger partial charge in [-0.2, -0.15) is 5.26 Å². The topological polar surface area (TPSA) is 59.0 Å². The maximum Gasteiger partial charge on any atom is 0.203 e. The SMILES string of the molecule is CCOC(=S)c1sc(C)c(C#N)c1N. The molecule has 0 bridgehead atoms. The number of thiophene rings is 1. The van der Waals surface area contributed by atoms with Crippen molar-refractivity contribution in [2.45, 2.75) is 13.8 Å². The number of ether oxygens (including phenoxy) is 1. The van der Waals surface area contributed by atoms with Gasteiger partial charge >= 0.3 is 0 Å². The third-order valence-corrected chi connectivity index (χ3v) is 3.26. The minimum Gasteiger partial charge on any atom is -0.483 e. The zero-order valence-electron chi connectivity index (χ0n) is 7.96. The second-order valence-electron chi connectivity index (χ2n) is 2.61. The summed E-state index contributed by atoms with van der Waals surface area (Å²) in [5, 5.41) is 9.19. The van der Waals surface area contributed by atoms with Gasteiger partial charge in [0.2, 0.25) is 5.05 Å². The molecule has 0 aliphatic carbocycles. The zero-order valence-corrected chi connectivity index (χ0v) is 9.59. The summed E-state index contributed by atoms with van der Waals surface area (Å²) in [5.74, 6) is 0. The second kappa shape index (κ2) is 4.40. The summed E-state index contributed by atoms with van der Waals surface area (Å²) >= 11 is 6.43. The number of hydrogen-bond acceptors (Lipinski definition) is 5. The highest BCUT2D eigenvalue weighted by atomic mass is 32.1. The first-order valence-electron chi connectivity index (χ1n) is 4.07. The van der Waals surface area contributed by atoms with Crippen LogP contribution in [0, 0.1) is 18.3 Å². The Kier molecular flexibility index (Phi) is 3.44. The molecule has 0 aromatic carbocycles. The Bertz CT molecular complexity index is 404. The van der Waals surface area contributed by atoms with Crippen LogP contribution in [0.2, 0.25) is 0 Å². The molecule has 0 saturated carbocycles. The highest BCUT2D eigenvalue weighted by molar-refractivity contribution is 7.80. The van der Waals surface area contributed by atoms with Crippen molar-refractivity contribution in [2.24, 2.45) is 0 Å². The number of thiocarbonyl (C=S) groups is 1. The molecule has 5 heteroatoms. The molecule has 1 heterocycles. The van der Waals surface area contributed by atoms with Crippen molar-refractivity contribution >= 4 is 34.3 Å². The van der Waals surface area contributed by atoms with E-state index in [1.807, 2.05) is 13.8 Å². The lowest BCUT2D eigenvalue weighted by atomic mass is 10.2. The summed E-state index contributed by atoms with van der Waals surface area (Å²) in [7, 11) is 0. The number of anilines is 1. The van der Waals surface area contributed by atoms with Crippen molar-refractivity contribution in [3.8, 4) is 6.07 Å². The van der Waals surface area contributed by atoms with Crippen LogP contribution in [0.3, 0.4) is 0 Å². The van der Waals surface area contributed by atoms with E-state index in [2.05, 4.69) is 6.07 Å². The van der Waals surface area contributed by atoms with E-state index in [0.29, 0.717) is 27.8 Å². The largest absolute Gasteiger partial charge is 0.483 e. The third kappa shape index (κ3) is 1.86. The summed E-state index contributed by atoms with van der Waals surface area (Å²) in [6.07, 6.45) is 0. The first-order chi connectivity index (χ1) is 6.61. The molecule has 3 nitrogen and oxygen atoms in total. The van der Waals surface area contributed by atoms with Gasteiger partial charge in [0.05, 0.1) is 17.9 Å². The Morgan fingerprint density at radius 3 is 2.79 bits per heavy atom. The molecule has 0 fully saturated rings. The second-order valence-corrected chi connectivity index (χ2v) is 4.20. The van der Waals surface area contributed by atoms with Gasteiger partial charge in [0, 0.05) is 4.88 Å². The highest BCUT2D eigenvalue weighted by Crippen LogP contribution is 2.30. The fourth-order valence-corrected chi connectivity index (χ4v) is 2.32. The van der Waals surface area contributed by atoms with E-state index in [4.69, 9.17) is 28.0 Å². The first kappa shape index (κ1) is 11.0. The predicted molar refractivity (Wildman–Crippen MR) is 61.5 cm³/mol. The molecular formula is C9H10N2OS2. The maximum absolute atomic E-state index is 8.82. The van der Waals surface area contributed by atoms with E-state index >= 15 is 0 Å². The molecule has 1 aromatic rings. The van der Waals surface area contributed by atoms with Crippen molar-refractivity contribution < 1.29 is 4.74 Å². The molecule has 74 valence electrons. The summed E-state index contributed by atoms with van der Waals surface area (Å²) in [4.78, 5) is 1.57. The van der Waals surface area contributed by atoms with E-state index in [0.717, 1.165) is 4.88 Å². The molecule has 0 aliphatic heterocycles. The zero-order chi connectivity index (χ0) is 10.7. The number of aryl methyl sites for hydroxylation is 1. The summed E-state index contributed by atoms with van der Waals surface area (Å²) in [6.45, 7) is 4.21. The van der Waals surface area contributed by atoms with Crippen LogP contribution in [-0.2, 0) is 4.74 Å². The molecule has 0 aliphatic rings. The average molecular weight is 226 g/mol. The van der Waals surface area contributed by atoms with Crippen LogP contribution in [-0.4, -0.2) is 11.7 Å². The monoisotopic (exact) mass is 226 g/mol. The van der Waals surface area contributed by atoms with Crippen LogP contribution in [0.15, 0.2) is 0 Å². The highest BCUT2D eigenvalue weighted by Gasteiger charge is 2.16. The average Bonchev–Trinajstić information content (AvgIpc) is 2.42. The van der Waals surface area contributed by atoms with Crippen molar-refractivity contribution in [1.29, 1.82) is 5.26 Å². The van der Waals surface area contributed by atoms with Gasteiger partial charge in [0.1, 0.15) is 10.9 Å². The van der Waals surface area contributed by atoms with Crippen molar-refractivity contribution in [3.63, 3.8) is 0 Å². The molecule has 0 amide bonds. The van der Waals surface area contributed by atoms with Gasteiger partial charge in [-0.15, -0.1) is 11.3 Å². The van der Waals surface area contributed by atoms with Gasteiger partial charge in [-0.1, -0.05) is 0 Å². The van der Waals surface area contributed by atoms with Gasteiger partial charge in [-0.3, -0.25) is 0 Å². The number of nitrogen functional groups attached to an aromatic ring is 1. The lowest BCUT2D eigenvalue weighted by Crippen LogP contribution is -2.03. The van der Waals surface area contributed by atoms with Crippen LogP contribution in [0.4, 0.5) is 5.69 Å². The normalized spacial score (nSPS) is 9.50. The minimum absolute atomic E-state index is 0.375. The van der Waals surface area contributed by atoms with Crippen molar-refractivity contribution in [3.05, 3.63) is 15.3 Å². The van der Waals surface area contributed by atoms with Crippen molar-refractivity contribution in [2.75, 3.05) is 12.3 Å². The molecule has 0 saturated heterocycles. The molecule has 0 spiro atoms. The fourth-order valence-electron chi connectivity index (χ4n) is 1.05. The third-order valence-electron chi connectivity index (χ3n) is 1.69. The van der Waals surface area contributed by atoms with Gasteiger partial charge in [-0.25, -0.2) is 0 Å². The minimum atomic E-state index is 0.375. The Morgan fingerprint density at radius 2 is 2.36 bits per heavy atom. The Morgan fingerprint density at radius 1 is 1.71 bits per heavy atom. The van der Waals surface area contributed by atoms with E-state index < -0.39 is 0 Å². The first-order valence-corrected chi connectivity index (χ1v) is 5.30. The molecule has 2 N–H and O–H groups in total. The number of hydrogen-bond donors (Lipinski definition) is 1. The smallest absolute Gasteiger partial charge is 0.203 e. The van der Waals surface area contributed by atoms with E-state index in [1.54, 1.807) is 0 Å². The number of nitriles is 1. The molecular weight excluding hydrogens is 216 g/mol. The van der Waals surface area contributed by atoms with Crippen LogP contribution in [0.25, 0.3) is 0 Å². The fraction of sp³-hybridized carbons (Fsp3) is 0.333. The standard InChI is InChI=1S/C9H10N2OS2/c1-3-12-9(13)8-7(11)6(4-10)5(2)14-8/h3,11H2,1-2H3. The van der Waals surface area contributed by atoms with Gasteiger partial charge < -0.3 is 10.5 Å². The molecule has 1 aromatic heterocycles. The van der Waals surface area contributed by atoms with Gasteiger partial charge in [0.25, 0.3) is 0 Å². The number of nitrogens with zero attached hydrogens (tertiary/aromatic N) is 1. The van der Waals surface area contributed by atoms with Crippen LogP contribution < -0.4 is 5.73 Å². The number of rotatable bonds is 2. The lowest BCUT2D eigenvalue weighted by molar-refractivity contribution is 0.338. The molecule has 0 unspecified atom stereocenters.